The van der Waals surface area contributed by atoms with Gasteiger partial charge in [-0.25, -0.2) is 4.39 Å². The van der Waals surface area contributed by atoms with Gasteiger partial charge >= 0.3 is 0 Å². The van der Waals surface area contributed by atoms with Crippen molar-refractivity contribution in [2.45, 2.75) is 25.3 Å². The van der Waals surface area contributed by atoms with Crippen molar-refractivity contribution in [3.8, 4) is 0 Å². The number of rotatable bonds is 1. The molecular weight excluding hydrogens is 245 g/mol. The molecule has 1 aliphatic rings. The maximum absolute atomic E-state index is 13.5. The molecule has 1 saturated heterocycles. The van der Waals surface area contributed by atoms with Crippen LogP contribution in [0.15, 0.2) is 22.7 Å². The molecule has 0 saturated carbocycles. The zero-order chi connectivity index (χ0) is 10.1. The molecular formula is C11H13BrFN. The van der Waals surface area contributed by atoms with Gasteiger partial charge in [0.25, 0.3) is 0 Å². The SMILES string of the molecule is CC1CC(c2cc(Br)ccc2F)CN1. The van der Waals surface area contributed by atoms with Crippen LogP contribution >= 0.6 is 15.9 Å². The van der Waals surface area contributed by atoms with Crippen molar-refractivity contribution in [1.82, 2.24) is 5.32 Å². The zero-order valence-electron chi connectivity index (χ0n) is 8.06. The molecule has 1 aromatic rings. The lowest BCUT2D eigenvalue weighted by atomic mass is 9.96. The van der Waals surface area contributed by atoms with Crippen LogP contribution in [-0.4, -0.2) is 12.6 Å². The summed E-state index contributed by atoms with van der Waals surface area (Å²) < 4.78 is 14.5. The summed E-state index contributed by atoms with van der Waals surface area (Å²) in [5, 5.41) is 3.33. The van der Waals surface area contributed by atoms with Crippen LogP contribution in [-0.2, 0) is 0 Å². The number of nitrogens with one attached hydrogen (secondary N) is 1. The first-order valence-electron chi connectivity index (χ1n) is 4.85. The van der Waals surface area contributed by atoms with Crippen LogP contribution in [0.3, 0.4) is 0 Å². The Balaban J connectivity index is 2.27. The molecule has 3 heteroatoms. The molecule has 0 spiro atoms. The zero-order valence-corrected chi connectivity index (χ0v) is 9.64. The van der Waals surface area contributed by atoms with E-state index in [1.165, 1.54) is 6.07 Å². The summed E-state index contributed by atoms with van der Waals surface area (Å²) in [5.74, 6) is 0.233. The number of hydrogen-bond acceptors (Lipinski definition) is 1. The predicted octanol–water partition coefficient (Wildman–Crippen LogP) is 3.05. The fraction of sp³-hybridized carbons (Fsp3) is 0.455. The summed E-state index contributed by atoms with van der Waals surface area (Å²) in [4.78, 5) is 0. The van der Waals surface area contributed by atoms with Gasteiger partial charge in [0, 0.05) is 23.0 Å². The van der Waals surface area contributed by atoms with Crippen LogP contribution in [0.5, 0.6) is 0 Å². The summed E-state index contributed by atoms with van der Waals surface area (Å²) in [7, 11) is 0. The van der Waals surface area contributed by atoms with Gasteiger partial charge in [-0.1, -0.05) is 15.9 Å². The molecule has 0 amide bonds. The lowest BCUT2D eigenvalue weighted by molar-refractivity contribution is 0.584. The Bertz CT molecular complexity index is 340. The van der Waals surface area contributed by atoms with Gasteiger partial charge in [-0.15, -0.1) is 0 Å². The van der Waals surface area contributed by atoms with E-state index in [1.807, 2.05) is 6.07 Å². The van der Waals surface area contributed by atoms with Gasteiger partial charge in [0.15, 0.2) is 0 Å². The second-order valence-electron chi connectivity index (χ2n) is 3.91. The van der Waals surface area contributed by atoms with E-state index in [9.17, 15) is 4.39 Å². The van der Waals surface area contributed by atoms with Gasteiger partial charge in [-0.05, 0) is 37.1 Å². The summed E-state index contributed by atoms with van der Waals surface area (Å²) in [5.41, 5.74) is 0.830. The minimum Gasteiger partial charge on any atom is -0.314 e. The highest BCUT2D eigenvalue weighted by atomic mass is 79.9. The van der Waals surface area contributed by atoms with E-state index < -0.39 is 0 Å². The highest BCUT2D eigenvalue weighted by molar-refractivity contribution is 9.10. The third kappa shape index (κ3) is 1.98. The van der Waals surface area contributed by atoms with Gasteiger partial charge in [-0.2, -0.15) is 0 Å². The summed E-state index contributed by atoms with van der Waals surface area (Å²) in [6.45, 7) is 3.02. The molecule has 1 aliphatic heterocycles. The van der Waals surface area contributed by atoms with Gasteiger partial charge in [0.1, 0.15) is 5.82 Å². The first-order chi connectivity index (χ1) is 6.66. The molecule has 0 aromatic heterocycles. The molecule has 0 aliphatic carbocycles. The fourth-order valence-corrected chi connectivity index (χ4v) is 2.38. The topological polar surface area (TPSA) is 12.0 Å². The standard InChI is InChI=1S/C11H13BrFN/c1-7-4-8(6-14-7)10-5-9(12)2-3-11(10)13/h2-3,5,7-8,14H,4,6H2,1H3. The van der Waals surface area contributed by atoms with Crippen molar-refractivity contribution in [1.29, 1.82) is 0 Å². The highest BCUT2D eigenvalue weighted by Crippen LogP contribution is 2.29. The lowest BCUT2D eigenvalue weighted by Crippen LogP contribution is -2.16. The van der Waals surface area contributed by atoms with Crippen molar-refractivity contribution in [3.63, 3.8) is 0 Å². The Morgan fingerprint density at radius 2 is 2.29 bits per heavy atom. The molecule has 1 aromatic carbocycles. The van der Waals surface area contributed by atoms with Crippen molar-refractivity contribution < 1.29 is 4.39 Å². The molecule has 2 rings (SSSR count). The molecule has 1 fully saturated rings. The van der Waals surface area contributed by atoms with Crippen molar-refractivity contribution in [3.05, 3.63) is 34.1 Å². The molecule has 2 atom stereocenters. The molecule has 2 unspecified atom stereocenters. The molecule has 0 bridgehead atoms. The average molecular weight is 258 g/mol. The van der Waals surface area contributed by atoms with Crippen molar-refractivity contribution >= 4 is 15.9 Å². The Morgan fingerprint density at radius 3 is 2.93 bits per heavy atom. The lowest BCUT2D eigenvalue weighted by Gasteiger charge is -2.10. The maximum atomic E-state index is 13.5. The molecule has 1 heterocycles. The van der Waals surface area contributed by atoms with E-state index in [0.717, 1.165) is 23.0 Å². The molecule has 0 radical (unpaired) electrons. The second-order valence-corrected chi connectivity index (χ2v) is 4.82. The van der Waals surface area contributed by atoms with E-state index >= 15 is 0 Å². The van der Waals surface area contributed by atoms with Gasteiger partial charge in [0.2, 0.25) is 0 Å². The van der Waals surface area contributed by atoms with Crippen LogP contribution in [0.4, 0.5) is 4.39 Å². The largest absolute Gasteiger partial charge is 0.314 e. The van der Waals surface area contributed by atoms with Crippen LogP contribution in [0.25, 0.3) is 0 Å². The van der Waals surface area contributed by atoms with Crippen LogP contribution in [0.2, 0.25) is 0 Å². The normalized spacial score (nSPS) is 26.8. The average Bonchev–Trinajstić information content (AvgIpc) is 2.56. The van der Waals surface area contributed by atoms with E-state index in [2.05, 4.69) is 28.2 Å². The Labute approximate surface area is 91.8 Å². The first kappa shape index (κ1) is 10.1. The predicted molar refractivity (Wildman–Crippen MR) is 58.9 cm³/mol. The fourth-order valence-electron chi connectivity index (χ4n) is 2.00. The highest BCUT2D eigenvalue weighted by Gasteiger charge is 2.24. The van der Waals surface area contributed by atoms with Crippen LogP contribution < -0.4 is 5.32 Å². The minimum atomic E-state index is -0.0888. The van der Waals surface area contributed by atoms with Crippen molar-refractivity contribution in [2.75, 3.05) is 6.54 Å². The van der Waals surface area contributed by atoms with E-state index in [-0.39, 0.29) is 5.82 Å². The molecule has 14 heavy (non-hydrogen) atoms. The molecule has 1 nitrogen and oxygen atoms in total. The number of hydrogen-bond donors (Lipinski definition) is 1. The third-order valence-corrected chi connectivity index (χ3v) is 3.24. The molecule has 1 N–H and O–H groups in total. The van der Waals surface area contributed by atoms with E-state index in [1.54, 1.807) is 6.07 Å². The number of halogens is 2. The first-order valence-corrected chi connectivity index (χ1v) is 5.64. The quantitative estimate of drug-likeness (QED) is 0.816. The summed E-state index contributed by atoms with van der Waals surface area (Å²) in [6.07, 6.45) is 1.02. The van der Waals surface area contributed by atoms with Crippen molar-refractivity contribution in [2.24, 2.45) is 0 Å². The Kier molecular flexibility index (Phi) is 2.88. The van der Waals surface area contributed by atoms with Gasteiger partial charge < -0.3 is 5.32 Å². The summed E-state index contributed by atoms with van der Waals surface area (Å²) in [6, 6.07) is 5.66. The van der Waals surface area contributed by atoms with E-state index in [4.69, 9.17) is 0 Å². The van der Waals surface area contributed by atoms with Gasteiger partial charge in [0.05, 0.1) is 0 Å². The van der Waals surface area contributed by atoms with Crippen LogP contribution in [0.1, 0.15) is 24.8 Å². The third-order valence-electron chi connectivity index (χ3n) is 2.75. The minimum absolute atomic E-state index is 0.0888. The Hall–Kier alpha value is -0.410. The van der Waals surface area contributed by atoms with Gasteiger partial charge in [-0.3, -0.25) is 0 Å². The summed E-state index contributed by atoms with van der Waals surface area (Å²) >= 11 is 3.37. The second kappa shape index (κ2) is 3.99. The Morgan fingerprint density at radius 1 is 1.50 bits per heavy atom. The maximum Gasteiger partial charge on any atom is 0.126 e. The monoisotopic (exact) mass is 257 g/mol. The molecule has 76 valence electrons. The number of benzene rings is 1. The smallest absolute Gasteiger partial charge is 0.126 e. The van der Waals surface area contributed by atoms with Crippen LogP contribution in [0, 0.1) is 5.82 Å². The van der Waals surface area contributed by atoms with E-state index in [0.29, 0.717) is 12.0 Å².